The number of phenols is 1. The Morgan fingerprint density at radius 1 is 1.19 bits per heavy atom. The normalized spacial score (nSPS) is 10.4. The van der Waals surface area contributed by atoms with Crippen molar-refractivity contribution in [1.29, 1.82) is 5.26 Å². The Labute approximate surface area is 92.9 Å². The number of nitriles is 1. The lowest BCUT2D eigenvalue weighted by Gasteiger charge is -1.99. The highest BCUT2D eigenvalue weighted by Gasteiger charge is 2.03. The molecular formula is C13H9NO2. The molecule has 2 aromatic rings. The molecule has 1 aromatic heterocycles. The van der Waals surface area contributed by atoms with E-state index in [1.165, 1.54) is 0 Å². The van der Waals surface area contributed by atoms with E-state index >= 15 is 0 Å². The van der Waals surface area contributed by atoms with Crippen LogP contribution < -0.4 is 0 Å². The maximum atomic E-state index is 9.71. The topological polar surface area (TPSA) is 57.2 Å². The molecule has 78 valence electrons. The highest BCUT2D eigenvalue weighted by Crippen LogP contribution is 2.23. The van der Waals surface area contributed by atoms with E-state index in [1.807, 2.05) is 12.1 Å². The molecule has 0 bridgehead atoms. The molecule has 0 fully saturated rings. The number of para-hydroxylation sites is 1. The van der Waals surface area contributed by atoms with Crippen LogP contribution in [0.25, 0.3) is 12.2 Å². The molecule has 1 heterocycles. The van der Waals surface area contributed by atoms with Crippen molar-refractivity contribution in [3.8, 4) is 11.8 Å². The van der Waals surface area contributed by atoms with Gasteiger partial charge in [0.25, 0.3) is 0 Å². The van der Waals surface area contributed by atoms with Crippen LogP contribution in [0.2, 0.25) is 0 Å². The predicted molar refractivity (Wildman–Crippen MR) is 60.5 cm³/mol. The fourth-order valence-corrected chi connectivity index (χ4v) is 1.34. The molecule has 3 heteroatoms. The van der Waals surface area contributed by atoms with E-state index in [0.29, 0.717) is 11.3 Å². The van der Waals surface area contributed by atoms with Crippen molar-refractivity contribution < 1.29 is 9.52 Å². The first-order valence-corrected chi connectivity index (χ1v) is 4.75. The molecule has 0 saturated carbocycles. The van der Waals surface area contributed by atoms with E-state index in [0.717, 1.165) is 0 Å². The summed E-state index contributed by atoms with van der Waals surface area (Å²) in [7, 11) is 0. The van der Waals surface area contributed by atoms with Gasteiger partial charge in [0.05, 0.1) is 11.8 Å². The van der Waals surface area contributed by atoms with Gasteiger partial charge in [-0.3, -0.25) is 0 Å². The number of hydrogen-bond acceptors (Lipinski definition) is 3. The van der Waals surface area contributed by atoms with E-state index < -0.39 is 0 Å². The summed E-state index contributed by atoms with van der Waals surface area (Å²) in [5.74, 6) is 0.689. The summed E-state index contributed by atoms with van der Waals surface area (Å²) in [6.45, 7) is 0. The fourth-order valence-electron chi connectivity index (χ4n) is 1.34. The van der Waals surface area contributed by atoms with Crippen molar-refractivity contribution in [3.05, 3.63) is 53.5 Å². The number of rotatable bonds is 2. The van der Waals surface area contributed by atoms with Crippen LogP contribution in [-0.2, 0) is 0 Å². The summed E-state index contributed by atoms with van der Waals surface area (Å²) in [5.41, 5.74) is 0.858. The van der Waals surface area contributed by atoms with Gasteiger partial charge in [-0.1, -0.05) is 12.1 Å². The molecule has 3 nitrogen and oxygen atoms in total. The standard InChI is InChI=1S/C13H9NO2/c14-9-11-4-1-3-10(13(11)15)6-7-12-5-2-8-16-12/h1-8,15H/b7-6+. The third kappa shape index (κ3) is 1.96. The van der Waals surface area contributed by atoms with Gasteiger partial charge >= 0.3 is 0 Å². The SMILES string of the molecule is N#Cc1cccc(/C=C/c2ccco2)c1O. The Kier molecular flexibility index (Phi) is 2.75. The predicted octanol–water partition coefficient (Wildman–Crippen LogP) is 3.03. The van der Waals surface area contributed by atoms with Crippen LogP contribution in [-0.4, -0.2) is 5.11 Å². The largest absolute Gasteiger partial charge is 0.506 e. The van der Waals surface area contributed by atoms with Crippen molar-refractivity contribution in [2.24, 2.45) is 0 Å². The van der Waals surface area contributed by atoms with Crippen LogP contribution in [0.4, 0.5) is 0 Å². The fraction of sp³-hybridized carbons (Fsp3) is 0. The summed E-state index contributed by atoms with van der Waals surface area (Å²) in [6, 6.07) is 10.5. The molecule has 16 heavy (non-hydrogen) atoms. The minimum atomic E-state index is -0.00666. The number of aromatic hydroxyl groups is 1. The van der Waals surface area contributed by atoms with Crippen LogP contribution in [0.3, 0.4) is 0 Å². The van der Waals surface area contributed by atoms with Crippen molar-refractivity contribution >= 4 is 12.2 Å². The molecular weight excluding hydrogens is 202 g/mol. The van der Waals surface area contributed by atoms with E-state index in [9.17, 15) is 5.11 Å². The van der Waals surface area contributed by atoms with Crippen molar-refractivity contribution in [1.82, 2.24) is 0 Å². The molecule has 1 aromatic carbocycles. The molecule has 0 atom stereocenters. The molecule has 0 aliphatic heterocycles. The van der Waals surface area contributed by atoms with E-state index in [2.05, 4.69) is 0 Å². The highest BCUT2D eigenvalue weighted by molar-refractivity contribution is 5.72. The monoisotopic (exact) mass is 211 g/mol. The summed E-state index contributed by atoms with van der Waals surface area (Å²) in [6.07, 6.45) is 5.01. The second-order valence-electron chi connectivity index (χ2n) is 3.20. The zero-order valence-corrected chi connectivity index (χ0v) is 8.42. The Morgan fingerprint density at radius 3 is 2.75 bits per heavy atom. The second-order valence-corrected chi connectivity index (χ2v) is 3.20. The molecule has 0 amide bonds. The highest BCUT2D eigenvalue weighted by atomic mass is 16.3. The maximum Gasteiger partial charge on any atom is 0.140 e. The first kappa shape index (κ1) is 10.1. The van der Waals surface area contributed by atoms with Crippen LogP contribution >= 0.6 is 0 Å². The maximum absolute atomic E-state index is 9.71. The summed E-state index contributed by atoms with van der Waals surface area (Å²) in [4.78, 5) is 0. The van der Waals surface area contributed by atoms with Crippen molar-refractivity contribution in [2.75, 3.05) is 0 Å². The van der Waals surface area contributed by atoms with E-state index in [1.54, 1.807) is 42.7 Å². The quantitative estimate of drug-likeness (QED) is 0.830. The summed E-state index contributed by atoms with van der Waals surface area (Å²) < 4.78 is 5.12. The number of phenolic OH excluding ortho intramolecular Hbond substituents is 1. The number of benzene rings is 1. The molecule has 0 saturated heterocycles. The van der Waals surface area contributed by atoms with E-state index in [-0.39, 0.29) is 11.3 Å². The Morgan fingerprint density at radius 2 is 2.06 bits per heavy atom. The van der Waals surface area contributed by atoms with Gasteiger partial charge in [0.15, 0.2) is 0 Å². The molecule has 1 N–H and O–H groups in total. The number of hydrogen-bond donors (Lipinski definition) is 1. The number of furan rings is 1. The van der Waals surface area contributed by atoms with Gasteiger partial charge in [-0.25, -0.2) is 0 Å². The zero-order valence-electron chi connectivity index (χ0n) is 8.42. The summed E-state index contributed by atoms with van der Waals surface area (Å²) in [5, 5.41) is 18.5. The minimum Gasteiger partial charge on any atom is -0.506 e. The van der Waals surface area contributed by atoms with Crippen LogP contribution in [0.5, 0.6) is 5.75 Å². The Hall–Kier alpha value is -2.47. The summed E-state index contributed by atoms with van der Waals surface area (Å²) >= 11 is 0. The third-order valence-electron chi connectivity index (χ3n) is 2.16. The average Bonchev–Trinajstić information content (AvgIpc) is 2.81. The third-order valence-corrected chi connectivity index (χ3v) is 2.16. The van der Waals surface area contributed by atoms with E-state index in [4.69, 9.17) is 9.68 Å². The minimum absolute atomic E-state index is 0.00666. The molecule has 0 aliphatic carbocycles. The smallest absolute Gasteiger partial charge is 0.140 e. The first-order valence-electron chi connectivity index (χ1n) is 4.75. The molecule has 2 rings (SSSR count). The first-order chi connectivity index (χ1) is 7.81. The molecule has 0 radical (unpaired) electrons. The molecule has 0 unspecified atom stereocenters. The van der Waals surface area contributed by atoms with Gasteiger partial charge in [-0.15, -0.1) is 0 Å². The van der Waals surface area contributed by atoms with Gasteiger partial charge in [0.2, 0.25) is 0 Å². The zero-order chi connectivity index (χ0) is 11.4. The van der Waals surface area contributed by atoms with Crippen molar-refractivity contribution in [2.45, 2.75) is 0 Å². The Balaban J connectivity index is 2.32. The average molecular weight is 211 g/mol. The lowest BCUT2D eigenvalue weighted by Crippen LogP contribution is -1.80. The van der Waals surface area contributed by atoms with Gasteiger partial charge < -0.3 is 9.52 Å². The van der Waals surface area contributed by atoms with Gasteiger partial charge in [-0.2, -0.15) is 5.26 Å². The lowest BCUT2D eigenvalue weighted by molar-refractivity contribution is 0.472. The van der Waals surface area contributed by atoms with Crippen molar-refractivity contribution in [3.63, 3.8) is 0 Å². The van der Waals surface area contributed by atoms with Gasteiger partial charge in [-0.05, 0) is 30.4 Å². The molecule has 0 spiro atoms. The lowest BCUT2D eigenvalue weighted by atomic mass is 10.1. The van der Waals surface area contributed by atoms with Crippen LogP contribution in [0.1, 0.15) is 16.9 Å². The molecule has 0 aliphatic rings. The second kappa shape index (κ2) is 4.37. The van der Waals surface area contributed by atoms with Crippen LogP contribution in [0.15, 0.2) is 41.0 Å². The van der Waals surface area contributed by atoms with Gasteiger partial charge in [0.1, 0.15) is 17.6 Å². The van der Waals surface area contributed by atoms with Crippen LogP contribution in [0, 0.1) is 11.3 Å². The Bertz CT molecular complexity index is 548. The number of nitrogens with zero attached hydrogens (tertiary/aromatic N) is 1. The van der Waals surface area contributed by atoms with Gasteiger partial charge in [0, 0.05) is 5.56 Å².